The van der Waals surface area contributed by atoms with Crippen molar-refractivity contribution in [2.45, 2.75) is 25.4 Å². The summed E-state index contributed by atoms with van der Waals surface area (Å²) in [6.45, 7) is 0.254. The molecular formula is C19H23N3O3. The first-order chi connectivity index (χ1) is 12.0. The predicted octanol–water partition coefficient (Wildman–Crippen LogP) is 2.29. The van der Waals surface area contributed by atoms with Crippen LogP contribution in [0.3, 0.4) is 0 Å². The highest BCUT2D eigenvalue weighted by Crippen LogP contribution is 2.24. The molecule has 1 aliphatic carbocycles. The number of rotatable bonds is 4. The number of amides is 3. The average Bonchev–Trinajstić information content (AvgIpc) is 3.24. The molecule has 6 heteroatoms. The molecule has 0 bridgehead atoms. The van der Waals surface area contributed by atoms with Crippen molar-refractivity contribution in [2.75, 3.05) is 21.1 Å². The molecule has 0 radical (unpaired) electrons. The Morgan fingerprint density at radius 2 is 1.72 bits per heavy atom. The van der Waals surface area contributed by atoms with Crippen LogP contribution >= 0.6 is 0 Å². The van der Waals surface area contributed by atoms with Crippen LogP contribution in [0.2, 0.25) is 0 Å². The molecular weight excluding hydrogens is 318 g/mol. The first-order valence-corrected chi connectivity index (χ1v) is 8.33. The van der Waals surface area contributed by atoms with E-state index in [-0.39, 0.29) is 30.3 Å². The monoisotopic (exact) mass is 341 g/mol. The van der Waals surface area contributed by atoms with Crippen molar-refractivity contribution in [3.8, 4) is 0 Å². The van der Waals surface area contributed by atoms with Gasteiger partial charge in [-0.15, -0.1) is 0 Å². The van der Waals surface area contributed by atoms with Crippen LogP contribution in [0.15, 0.2) is 40.8 Å². The Morgan fingerprint density at radius 3 is 2.32 bits per heavy atom. The zero-order chi connectivity index (χ0) is 18.0. The van der Waals surface area contributed by atoms with Crippen LogP contribution < -0.4 is 5.32 Å². The minimum Gasteiger partial charge on any atom is -0.454 e. The number of carbonyl (C=O) groups is 2. The molecule has 3 rings (SSSR count). The largest absolute Gasteiger partial charge is 0.454 e. The normalized spacial score (nSPS) is 13.4. The van der Waals surface area contributed by atoms with Gasteiger partial charge in [0.1, 0.15) is 5.76 Å². The van der Waals surface area contributed by atoms with Gasteiger partial charge in [0, 0.05) is 27.2 Å². The van der Waals surface area contributed by atoms with Crippen LogP contribution in [0.25, 0.3) is 0 Å². The van der Waals surface area contributed by atoms with Gasteiger partial charge in [-0.1, -0.05) is 24.3 Å². The smallest absolute Gasteiger partial charge is 0.317 e. The summed E-state index contributed by atoms with van der Waals surface area (Å²) < 4.78 is 5.49. The van der Waals surface area contributed by atoms with Gasteiger partial charge in [-0.25, -0.2) is 4.79 Å². The molecule has 1 aromatic heterocycles. The fourth-order valence-corrected chi connectivity index (χ4v) is 3.07. The lowest BCUT2D eigenvalue weighted by molar-refractivity contribution is 0.0794. The number of carbonyl (C=O) groups excluding carboxylic acids is 2. The van der Waals surface area contributed by atoms with Crippen molar-refractivity contribution in [1.29, 1.82) is 0 Å². The van der Waals surface area contributed by atoms with Gasteiger partial charge in [0.2, 0.25) is 0 Å². The molecule has 25 heavy (non-hydrogen) atoms. The van der Waals surface area contributed by atoms with Crippen molar-refractivity contribution in [1.82, 2.24) is 15.1 Å². The molecule has 0 atom stereocenters. The summed E-state index contributed by atoms with van der Waals surface area (Å²) in [5, 5.41) is 2.85. The second-order valence-corrected chi connectivity index (χ2v) is 6.57. The number of nitrogens with one attached hydrogen (secondary N) is 1. The van der Waals surface area contributed by atoms with E-state index in [0.29, 0.717) is 5.76 Å². The Labute approximate surface area is 147 Å². The Balaban J connectivity index is 1.54. The van der Waals surface area contributed by atoms with Gasteiger partial charge < -0.3 is 19.5 Å². The molecule has 0 unspecified atom stereocenters. The molecule has 0 spiro atoms. The topological polar surface area (TPSA) is 65.8 Å². The number of nitrogens with zero attached hydrogens (tertiary/aromatic N) is 2. The highest BCUT2D eigenvalue weighted by Gasteiger charge is 2.27. The molecule has 0 saturated carbocycles. The van der Waals surface area contributed by atoms with Crippen molar-refractivity contribution < 1.29 is 14.0 Å². The first-order valence-electron chi connectivity index (χ1n) is 8.33. The molecule has 132 valence electrons. The van der Waals surface area contributed by atoms with Gasteiger partial charge in [-0.3, -0.25) is 4.79 Å². The van der Waals surface area contributed by atoms with Crippen LogP contribution in [-0.2, 0) is 19.4 Å². The van der Waals surface area contributed by atoms with E-state index in [2.05, 4.69) is 17.4 Å². The first kappa shape index (κ1) is 17.1. The molecule has 6 nitrogen and oxygen atoms in total. The molecule has 1 N–H and O–H groups in total. The summed E-state index contributed by atoms with van der Waals surface area (Å²) in [5.41, 5.74) is 2.62. The van der Waals surface area contributed by atoms with E-state index in [1.807, 2.05) is 19.2 Å². The SMILES string of the molecule is CN(C)C(=O)c1ccc(CNC(=O)N(C)C2Cc3ccccc3C2)o1. The van der Waals surface area contributed by atoms with Crippen LogP contribution in [0.1, 0.15) is 27.4 Å². The van der Waals surface area contributed by atoms with Crippen LogP contribution in [0, 0.1) is 0 Å². The Morgan fingerprint density at radius 1 is 1.08 bits per heavy atom. The van der Waals surface area contributed by atoms with Crippen molar-refractivity contribution in [3.05, 3.63) is 59.0 Å². The quantitative estimate of drug-likeness (QED) is 0.928. The highest BCUT2D eigenvalue weighted by molar-refractivity contribution is 5.91. The molecule has 0 saturated heterocycles. The van der Waals surface area contributed by atoms with E-state index in [1.54, 1.807) is 31.1 Å². The van der Waals surface area contributed by atoms with E-state index in [0.717, 1.165) is 12.8 Å². The third kappa shape index (κ3) is 3.68. The zero-order valence-corrected chi connectivity index (χ0v) is 14.8. The molecule has 3 amide bonds. The van der Waals surface area contributed by atoms with Gasteiger partial charge in [0.05, 0.1) is 6.54 Å². The number of fused-ring (bicyclic) bond motifs is 1. The maximum Gasteiger partial charge on any atom is 0.317 e. The summed E-state index contributed by atoms with van der Waals surface area (Å²) in [5.74, 6) is 0.633. The lowest BCUT2D eigenvalue weighted by Crippen LogP contribution is -2.43. The van der Waals surface area contributed by atoms with E-state index < -0.39 is 0 Å². The third-order valence-corrected chi connectivity index (χ3v) is 4.59. The molecule has 1 aromatic carbocycles. The lowest BCUT2D eigenvalue weighted by atomic mass is 10.1. The molecule has 1 heterocycles. The van der Waals surface area contributed by atoms with Crippen molar-refractivity contribution >= 4 is 11.9 Å². The van der Waals surface area contributed by atoms with Crippen molar-refractivity contribution in [2.24, 2.45) is 0 Å². The summed E-state index contributed by atoms with van der Waals surface area (Å²) in [7, 11) is 5.15. The summed E-state index contributed by atoms with van der Waals surface area (Å²) in [6.07, 6.45) is 1.75. The maximum absolute atomic E-state index is 12.4. The number of urea groups is 1. The van der Waals surface area contributed by atoms with E-state index >= 15 is 0 Å². The summed E-state index contributed by atoms with van der Waals surface area (Å²) in [6, 6.07) is 11.7. The maximum atomic E-state index is 12.4. The number of hydrogen-bond acceptors (Lipinski definition) is 3. The van der Waals surface area contributed by atoms with Gasteiger partial charge in [0.25, 0.3) is 5.91 Å². The fraction of sp³-hybridized carbons (Fsp3) is 0.368. The van der Waals surface area contributed by atoms with Crippen LogP contribution in [0.5, 0.6) is 0 Å². The van der Waals surface area contributed by atoms with E-state index in [4.69, 9.17) is 4.42 Å². The molecule has 0 fully saturated rings. The highest BCUT2D eigenvalue weighted by atomic mass is 16.4. The lowest BCUT2D eigenvalue weighted by Gasteiger charge is -2.24. The molecule has 2 aromatic rings. The van der Waals surface area contributed by atoms with E-state index in [1.165, 1.54) is 16.0 Å². The minimum absolute atomic E-state index is 0.144. The number of benzene rings is 1. The summed E-state index contributed by atoms with van der Waals surface area (Å²) in [4.78, 5) is 27.4. The summed E-state index contributed by atoms with van der Waals surface area (Å²) >= 11 is 0. The van der Waals surface area contributed by atoms with Gasteiger partial charge in [-0.05, 0) is 36.1 Å². The average molecular weight is 341 g/mol. The van der Waals surface area contributed by atoms with Crippen molar-refractivity contribution in [3.63, 3.8) is 0 Å². The number of furan rings is 1. The Hall–Kier alpha value is -2.76. The van der Waals surface area contributed by atoms with Gasteiger partial charge in [0.15, 0.2) is 5.76 Å². The Kier molecular flexibility index (Phi) is 4.79. The Bertz CT molecular complexity index is 757. The molecule has 1 aliphatic rings. The van der Waals surface area contributed by atoms with E-state index in [9.17, 15) is 9.59 Å². The minimum atomic E-state index is -0.196. The number of hydrogen-bond donors (Lipinski definition) is 1. The standard InChI is InChI=1S/C19H23N3O3/c1-21(2)18(23)17-9-8-16(25-17)12-20-19(24)22(3)15-10-13-6-4-5-7-14(13)11-15/h4-9,15H,10-12H2,1-3H3,(H,20,24). The zero-order valence-electron chi connectivity index (χ0n) is 14.8. The third-order valence-electron chi connectivity index (χ3n) is 4.59. The second kappa shape index (κ2) is 7.01. The van der Waals surface area contributed by atoms with Crippen LogP contribution in [-0.4, -0.2) is 48.9 Å². The second-order valence-electron chi connectivity index (χ2n) is 6.57. The van der Waals surface area contributed by atoms with Gasteiger partial charge in [-0.2, -0.15) is 0 Å². The number of likely N-dealkylation sites (N-methyl/N-ethyl adjacent to an activating group) is 1. The fourth-order valence-electron chi connectivity index (χ4n) is 3.07. The molecule has 0 aliphatic heterocycles. The van der Waals surface area contributed by atoms with Crippen LogP contribution in [0.4, 0.5) is 4.79 Å². The van der Waals surface area contributed by atoms with Gasteiger partial charge >= 0.3 is 6.03 Å². The predicted molar refractivity (Wildman–Crippen MR) is 94.4 cm³/mol.